The topological polar surface area (TPSA) is 33.6 Å². The largest absolute Gasteiger partial charge is 0.330 e. The van der Waals surface area contributed by atoms with Gasteiger partial charge in [0.25, 0.3) is 0 Å². The molecule has 0 bridgehead atoms. The molecule has 0 amide bonds. The molecule has 3 rings (SSSR count). The van der Waals surface area contributed by atoms with Gasteiger partial charge >= 0.3 is 0 Å². The Morgan fingerprint density at radius 3 is 2.94 bits per heavy atom. The number of aromatic amines is 1. The Labute approximate surface area is 110 Å². The quantitative estimate of drug-likeness (QED) is 0.730. The van der Waals surface area contributed by atoms with Crippen LogP contribution in [0.15, 0.2) is 23.7 Å². The molecule has 0 saturated heterocycles. The van der Waals surface area contributed by atoms with E-state index >= 15 is 0 Å². The fourth-order valence-electron chi connectivity index (χ4n) is 1.81. The average molecular weight is 283 g/mol. The Hall–Kier alpha value is -1.60. The summed E-state index contributed by atoms with van der Waals surface area (Å²) in [4.78, 5) is 6.97. The number of aromatic nitrogens is 3. The molecule has 1 aromatic carbocycles. The first-order valence-electron chi connectivity index (χ1n) is 5.11. The van der Waals surface area contributed by atoms with E-state index in [1.807, 2.05) is 5.38 Å². The molecule has 7 heteroatoms. The number of H-pyrrole nitrogens is 1. The lowest BCUT2D eigenvalue weighted by Gasteiger charge is -2.02. The molecule has 2 heterocycles. The molecule has 1 N–H and O–H groups in total. The summed E-state index contributed by atoms with van der Waals surface area (Å²) in [5.41, 5.74) is 0.630. The van der Waals surface area contributed by atoms with Gasteiger partial charge in [-0.1, -0.05) is 0 Å². The van der Waals surface area contributed by atoms with Gasteiger partial charge in [-0.3, -0.25) is 0 Å². The van der Waals surface area contributed by atoms with Crippen LogP contribution in [0.3, 0.4) is 0 Å². The van der Waals surface area contributed by atoms with E-state index in [0.717, 1.165) is 11.1 Å². The van der Waals surface area contributed by atoms with Crippen molar-refractivity contribution in [3.8, 4) is 0 Å². The zero-order valence-electron chi connectivity index (χ0n) is 8.98. The summed E-state index contributed by atoms with van der Waals surface area (Å²) >= 11 is 6.56. The van der Waals surface area contributed by atoms with Crippen LogP contribution in [0.5, 0.6) is 0 Å². The lowest BCUT2D eigenvalue weighted by molar-refractivity contribution is 0.512. The van der Waals surface area contributed by atoms with Crippen molar-refractivity contribution in [2.75, 3.05) is 0 Å². The van der Waals surface area contributed by atoms with Crippen molar-refractivity contribution in [1.29, 1.82) is 0 Å². The summed E-state index contributed by atoms with van der Waals surface area (Å²) < 4.78 is 29.0. The number of nitrogens with one attached hydrogen (secondary N) is 1. The third kappa shape index (κ3) is 1.75. The fraction of sp³-hybridized carbons (Fsp3) is 0.0909. The zero-order chi connectivity index (χ0) is 12.7. The number of hydrogen-bond acceptors (Lipinski definition) is 3. The minimum atomic E-state index is -0.892. The second-order valence-electron chi connectivity index (χ2n) is 3.70. The molecule has 2 aromatic heterocycles. The standard InChI is InChI=1S/C11H7F2N3S2/c12-6-1-2-7-10(9(6)13)16(11(17)15-7)5-8-14-3-4-18-8/h1-4H,5H2,(H,15,17). The number of rotatable bonds is 2. The molecule has 0 aliphatic rings. The molecule has 92 valence electrons. The molecule has 0 unspecified atom stereocenters. The Balaban J connectivity index is 2.24. The first-order valence-corrected chi connectivity index (χ1v) is 6.40. The van der Waals surface area contributed by atoms with Gasteiger partial charge in [-0.15, -0.1) is 11.3 Å². The second kappa shape index (κ2) is 4.25. The third-order valence-electron chi connectivity index (χ3n) is 2.60. The first-order chi connectivity index (χ1) is 8.66. The van der Waals surface area contributed by atoms with E-state index in [1.165, 1.54) is 22.0 Å². The highest BCUT2D eigenvalue weighted by Crippen LogP contribution is 2.21. The monoisotopic (exact) mass is 283 g/mol. The van der Waals surface area contributed by atoms with Gasteiger partial charge in [0.05, 0.1) is 12.1 Å². The summed E-state index contributed by atoms with van der Waals surface area (Å²) in [6.45, 7) is 0.330. The van der Waals surface area contributed by atoms with Gasteiger partial charge in [0.1, 0.15) is 10.5 Å². The van der Waals surface area contributed by atoms with E-state index in [0.29, 0.717) is 16.8 Å². The van der Waals surface area contributed by atoms with Crippen LogP contribution >= 0.6 is 23.6 Å². The van der Waals surface area contributed by atoms with Gasteiger partial charge in [-0.25, -0.2) is 13.8 Å². The lowest BCUT2D eigenvalue weighted by atomic mass is 10.3. The van der Waals surface area contributed by atoms with Gasteiger partial charge < -0.3 is 9.55 Å². The highest BCUT2D eigenvalue weighted by atomic mass is 32.1. The first kappa shape index (κ1) is 11.5. The number of halogens is 2. The normalized spacial score (nSPS) is 11.2. The maximum atomic E-state index is 13.8. The van der Waals surface area contributed by atoms with E-state index in [2.05, 4.69) is 9.97 Å². The summed E-state index contributed by atoms with van der Waals surface area (Å²) in [7, 11) is 0. The van der Waals surface area contributed by atoms with Crippen molar-refractivity contribution in [3.63, 3.8) is 0 Å². The number of imidazole rings is 1. The van der Waals surface area contributed by atoms with Crippen LogP contribution in [0, 0.1) is 16.4 Å². The molecule has 0 atom stereocenters. The Bertz CT molecular complexity index is 759. The molecule has 0 saturated carbocycles. The number of fused-ring (bicyclic) bond motifs is 1. The number of thiazole rings is 1. The molecule has 0 spiro atoms. The molecular formula is C11H7F2N3S2. The van der Waals surface area contributed by atoms with Crippen molar-refractivity contribution in [2.24, 2.45) is 0 Å². The van der Waals surface area contributed by atoms with Crippen LogP contribution in [0.4, 0.5) is 8.78 Å². The van der Waals surface area contributed by atoms with Gasteiger partial charge in [0.15, 0.2) is 16.4 Å². The Morgan fingerprint density at radius 2 is 2.22 bits per heavy atom. The Morgan fingerprint density at radius 1 is 1.39 bits per heavy atom. The van der Waals surface area contributed by atoms with Crippen molar-refractivity contribution < 1.29 is 8.78 Å². The third-order valence-corrected chi connectivity index (χ3v) is 3.69. The van der Waals surface area contributed by atoms with Crippen LogP contribution in [0.1, 0.15) is 5.01 Å². The summed E-state index contributed by atoms with van der Waals surface area (Å²) in [5.74, 6) is -1.78. The smallest absolute Gasteiger partial charge is 0.184 e. The van der Waals surface area contributed by atoms with E-state index in [9.17, 15) is 8.78 Å². The molecule has 18 heavy (non-hydrogen) atoms. The van der Waals surface area contributed by atoms with Crippen molar-refractivity contribution >= 4 is 34.6 Å². The molecule has 0 aliphatic carbocycles. The van der Waals surface area contributed by atoms with Crippen LogP contribution < -0.4 is 0 Å². The second-order valence-corrected chi connectivity index (χ2v) is 5.07. The van der Waals surface area contributed by atoms with E-state index < -0.39 is 11.6 Å². The summed E-state index contributed by atoms with van der Waals surface area (Å²) in [6, 6.07) is 2.55. The molecule has 3 aromatic rings. The SMILES string of the molecule is Fc1ccc2[nH]c(=S)n(Cc3nccs3)c2c1F. The minimum Gasteiger partial charge on any atom is -0.330 e. The predicted octanol–water partition coefficient (Wildman–Crippen LogP) is 3.48. The number of hydrogen-bond donors (Lipinski definition) is 1. The zero-order valence-corrected chi connectivity index (χ0v) is 10.6. The van der Waals surface area contributed by atoms with Crippen LogP contribution in [0.2, 0.25) is 0 Å². The number of benzene rings is 1. The highest BCUT2D eigenvalue weighted by molar-refractivity contribution is 7.71. The van der Waals surface area contributed by atoms with Crippen LogP contribution in [0.25, 0.3) is 11.0 Å². The predicted molar refractivity (Wildman–Crippen MR) is 68.3 cm³/mol. The molecule has 0 fully saturated rings. The summed E-state index contributed by atoms with van der Waals surface area (Å²) in [6.07, 6.45) is 1.66. The lowest BCUT2D eigenvalue weighted by Crippen LogP contribution is -2.01. The molecule has 0 aliphatic heterocycles. The van der Waals surface area contributed by atoms with Crippen LogP contribution in [-0.4, -0.2) is 14.5 Å². The van der Waals surface area contributed by atoms with Gasteiger partial charge in [0.2, 0.25) is 0 Å². The van der Waals surface area contributed by atoms with Crippen molar-refractivity contribution in [3.05, 3.63) is 45.1 Å². The molecule has 3 nitrogen and oxygen atoms in total. The Kier molecular flexibility index (Phi) is 2.71. The van der Waals surface area contributed by atoms with Gasteiger partial charge in [0, 0.05) is 11.6 Å². The van der Waals surface area contributed by atoms with Gasteiger partial charge in [-0.2, -0.15) is 0 Å². The van der Waals surface area contributed by atoms with Crippen LogP contribution in [-0.2, 0) is 6.54 Å². The maximum Gasteiger partial charge on any atom is 0.184 e. The van der Waals surface area contributed by atoms with E-state index in [4.69, 9.17) is 12.2 Å². The van der Waals surface area contributed by atoms with E-state index in [-0.39, 0.29) is 5.52 Å². The average Bonchev–Trinajstić information content (AvgIpc) is 2.94. The van der Waals surface area contributed by atoms with Crippen molar-refractivity contribution in [1.82, 2.24) is 14.5 Å². The summed E-state index contributed by atoms with van der Waals surface area (Å²) in [5, 5.41) is 2.61. The van der Waals surface area contributed by atoms with Crippen molar-refractivity contribution in [2.45, 2.75) is 6.54 Å². The fourth-order valence-corrected chi connectivity index (χ4v) is 2.68. The molecular weight excluding hydrogens is 276 g/mol. The van der Waals surface area contributed by atoms with E-state index in [1.54, 1.807) is 6.20 Å². The minimum absolute atomic E-state index is 0.148. The maximum absolute atomic E-state index is 13.8. The molecule has 0 radical (unpaired) electrons. The number of nitrogens with zero attached hydrogens (tertiary/aromatic N) is 2. The highest BCUT2D eigenvalue weighted by Gasteiger charge is 2.14. The van der Waals surface area contributed by atoms with Gasteiger partial charge in [-0.05, 0) is 24.4 Å².